The molecule has 1 aliphatic heterocycles. The third kappa shape index (κ3) is 1.44. The van der Waals surface area contributed by atoms with Crippen molar-refractivity contribution < 1.29 is 4.74 Å². The Kier molecular flexibility index (Phi) is 2.28. The third-order valence-electron chi connectivity index (χ3n) is 1.37. The number of hydrogen-bond acceptors (Lipinski definition) is 2. The van der Waals surface area contributed by atoms with Crippen molar-refractivity contribution >= 4 is 15.9 Å². The Morgan fingerprint density at radius 3 is 2.75 bits per heavy atom. The lowest BCUT2D eigenvalue weighted by Crippen LogP contribution is -2.16. The molecule has 1 heterocycles. The molecule has 1 fully saturated rings. The molecule has 0 bridgehead atoms. The van der Waals surface area contributed by atoms with Gasteiger partial charge in [-0.3, -0.25) is 0 Å². The number of alkyl halides is 1. The highest BCUT2D eigenvalue weighted by Gasteiger charge is 2.20. The Morgan fingerprint density at radius 1 is 1.75 bits per heavy atom. The van der Waals surface area contributed by atoms with Crippen LogP contribution in [0.4, 0.5) is 0 Å². The fourth-order valence-electron chi connectivity index (χ4n) is 0.836. The van der Waals surface area contributed by atoms with Crippen LogP contribution < -0.4 is 5.32 Å². The molecular weight excluding hydrogens is 170 g/mol. The highest BCUT2D eigenvalue weighted by Crippen LogP contribution is 2.13. The zero-order chi connectivity index (χ0) is 5.98. The molecule has 0 saturated carbocycles. The lowest BCUT2D eigenvalue weighted by molar-refractivity contribution is 0.119. The van der Waals surface area contributed by atoms with Crippen LogP contribution in [0, 0.1) is 0 Å². The van der Waals surface area contributed by atoms with E-state index in [0.29, 0.717) is 11.1 Å². The van der Waals surface area contributed by atoms with E-state index in [2.05, 4.69) is 21.2 Å². The first-order chi connectivity index (χ1) is 3.83. The molecule has 0 radical (unpaired) electrons. The maximum Gasteiger partial charge on any atom is 0.0719 e. The van der Waals surface area contributed by atoms with Gasteiger partial charge < -0.3 is 10.1 Å². The lowest BCUT2D eigenvalue weighted by atomic mass is 10.3. The SMILES string of the molecule is COC1CNC(Br)C1. The van der Waals surface area contributed by atoms with Crippen molar-refractivity contribution in [3.8, 4) is 0 Å². The molecule has 3 heteroatoms. The van der Waals surface area contributed by atoms with Crippen LogP contribution in [0.15, 0.2) is 0 Å². The van der Waals surface area contributed by atoms with Crippen LogP contribution in [-0.2, 0) is 4.74 Å². The summed E-state index contributed by atoms with van der Waals surface area (Å²) < 4.78 is 5.09. The molecule has 1 rings (SSSR count). The Hall–Kier alpha value is 0.400. The van der Waals surface area contributed by atoms with Crippen molar-refractivity contribution in [2.45, 2.75) is 17.5 Å². The molecule has 8 heavy (non-hydrogen) atoms. The first-order valence-electron chi connectivity index (χ1n) is 2.73. The van der Waals surface area contributed by atoms with Crippen LogP contribution in [0.1, 0.15) is 6.42 Å². The van der Waals surface area contributed by atoms with Crippen LogP contribution in [0.25, 0.3) is 0 Å². The van der Waals surface area contributed by atoms with E-state index >= 15 is 0 Å². The minimum Gasteiger partial charge on any atom is -0.380 e. The number of halogens is 1. The largest absolute Gasteiger partial charge is 0.380 e. The summed E-state index contributed by atoms with van der Waals surface area (Å²) in [4.78, 5) is 0.465. The summed E-state index contributed by atoms with van der Waals surface area (Å²) in [5.74, 6) is 0. The molecule has 1 saturated heterocycles. The molecule has 0 aromatic rings. The van der Waals surface area contributed by atoms with E-state index in [0.717, 1.165) is 13.0 Å². The average Bonchev–Trinajstić information content (AvgIpc) is 2.14. The van der Waals surface area contributed by atoms with E-state index < -0.39 is 0 Å². The van der Waals surface area contributed by atoms with Gasteiger partial charge in [0.2, 0.25) is 0 Å². The topological polar surface area (TPSA) is 21.3 Å². The Morgan fingerprint density at radius 2 is 2.50 bits per heavy atom. The van der Waals surface area contributed by atoms with Crippen LogP contribution >= 0.6 is 15.9 Å². The standard InChI is InChI=1S/C5H10BrNO/c1-8-4-2-5(6)7-3-4/h4-5,7H,2-3H2,1H3. The summed E-state index contributed by atoms with van der Waals surface area (Å²) in [5, 5.41) is 3.21. The molecule has 2 unspecified atom stereocenters. The van der Waals surface area contributed by atoms with Crippen molar-refractivity contribution in [2.75, 3.05) is 13.7 Å². The molecule has 0 aromatic heterocycles. The Bertz CT molecular complexity index is 78.8. The molecule has 0 spiro atoms. The molecule has 0 aliphatic carbocycles. The maximum absolute atomic E-state index is 5.09. The Balaban J connectivity index is 2.22. The van der Waals surface area contributed by atoms with Gasteiger partial charge in [0.15, 0.2) is 0 Å². The van der Waals surface area contributed by atoms with Crippen molar-refractivity contribution in [1.29, 1.82) is 0 Å². The van der Waals surface area contributed by atoms with Gasteiger partial charge in [-0.25, -0.2) is 0 Å². The number of methoxy groups -OCH3 is 1. The quantitative estimate of drug-likeness (QED) is 0.474. The van der Waals surface area contributed by atoms with Gasteiger partial charge in [-0.2, -0.15) is 0 Å². The number of hydrogen-bond donors (Lipinski definition) is 1. The van der Waals surface area contributed by atoms with Crippen LogP contribution in [-0.4, -0.2) is 24.7 Å². The van der Waals surface area contributed by atoms with Crippen LogP contribution in [0.3, 0.4) is 0 Å². The summed E-state index contributed by atoms with van der Waals surface area (Å²) in [5.41, 5.74) is 0. The highest BCUT2D eigenvalue weighted by atomic mass is 79.9. The van der Waals surface area contributed by atoms with E-state index in [1.807, 2.05) is 0 Å². The summed E-state index contributed by atoms with van der Waals surface area (Å²) >= 11 is 3.43. The highest BCUT2D eigenvalue weighted by molar-refractivity contribution is 9.09. The smallest absolute Gasteiger partial charge is 0.0719 e. The van der Waals surface area contributed by atoms with Gasteiger partial charge in [-0.1, -0.05) is 15.9 Å². The first-order valence-corrected chi connectivity index (χ1v) is 3.64. The van der Waals surface area contributed by atoms with Gasteiger partial charge in [0.25, 0.3) is 0 Å². The third-order valence-corrected chi connectivity index (χ3v) is 2.07. The van der Waals surface area contributed by atoms with E-state index in [1.54, 1.807) is 7.11 Å². The minimum absolute atomic E-state index is 0.416. The fourth-order valence-corrected chi connectivity index (χ4v) is 1.44. The van der Waals surface area contributed by atoms with Gasteiger partial charge in [0.1, 0.15) is 0 Å². The Labute approximate surface area is 57.7 Å². The van der Waals surface area contributed by atoms with E-state index in [4.69, 9.17) is 4.74 Å². The monoisotopic (exact) mass is 179 g/mol. The molecule has 1 N–H and O–H groups in total. The van der Waals surface area contributed by atoms with Crippen molar-refractivity contribution in [2.24, 2.45) is 0 Å². The second-order valence-electron chi connectivity index (χ2n) is 1.97. The normalized spacial score (nSPS) is 38.2. The summed E-state index contributed by atoms with van der Waals surface area (Å²) in [7, 11) is 1.75. The van der Waals surface area contributed by atoms with Gasteiger partial charge >= 0.3 is 0 Å². The molecule has 1 aliphatic rings. The zero-order valence-corrected chi connectivity index (χ0v) is 6.44. The predicted octanol–water partition coefficient (Wildman–Crippen LogP) is 0.716. The van der Waals surface area contributed by atoms with Crippen molar-refractivity contribution in [3.63, 3.8) is 0 Å². The van der Waals surface area contributed by atoms with Crippen LogP contribution in [0.5, 0.6) is 0 Å². The van der Waals surface area contributed by atoms with Crippen molar-refractivity contribution in [3.05, 3.63) is 0 Å². The zero-order valence-electron chi connectivity index (χ0n) is 4.86. The van der Waals surface area contributed by atoms with Gasteiger partial charge in [-0.05, 0) is 0 Å². The minimum atomic E-state index is 0.416. The summed E-state index contributed by atoms with van der Waals surface area (Å²) in [6.07, 6.45) is 1.50. The van der Waals surface area contributed by atoms with Gasteiger partial charge in [0.05, 0.1) is 11.1 Å². The molecule has 2 atom stereocenters. The average molecular weight is 180 g/mol. The molecule has 48 valence electrons. The predicted molar refractivity (Wildman–Crippen MR) is 36.1 cm³/mol. The van der Waals surface area contributed by atoms with Gasteiger partial charge in [-0.15, -0.1) is 0 Å². The molecule has 0 aromatic carbocycles. The van der Waals surface area contributed by atoms with E-state index in [1.165, 1.54) is 0 Å². The van der Waals surface area contributed by atoms with E-state index in [-0.39, 0.29) is 0 Å². The number of ether oxygens (including phenoxy) is 1. The molecule has 0 amide bonds. The van der Waals surface area contributed by atoms with E-state index in [9.17, 15) is 0 Å². The molecular formula is C5H10BrNO. The summed E-state index contributed by atoms with van der Waals surface area (Å²) in [6.45, 7) is 0.979. The van der Waals surface area contributed by atoms with Crippen LogP contribution in [0.2, 0.25) is 0 Å². The lowest BCUT2D eigenvalue weighted by Gasteiger charge is -2.02. The second kappa shape index (κ2) is 2.80. The summed E-state index contributed by atoms with van der Waals surface area (Å²) in [6, 6.07) is 0. The maximum atomic E-state index is 5.09. The van der Waals surface area contributed by atoms with Crippen molar-refractivity contribution in [1.82, 2.24) is 5.32 Å². The second-order valence-corrected chi connectivity index (χ2v) is 3.07. The number of nitrogens with one attached hydrogen (secondary N) is 1. The number of rotatable bonds is 1. The fraction of sp³-hybridized carbons (Fsp3) is 1.00. The molecule has 2 nitrogen and oxygen atoms in total. The van der Waals surface area contributed by atoms with Gasteiger partial charge in [0, 0.05) is 20.1 Å². The first kappa shape index (κ1) is 6.52.